The molecule has 0 aliphatic carbocycles. The van der Waals surface area contributed by atoms with Crippen molar-refractivity contribution in [2.75, 3.05) is 13.1 Å². The van der Waals surface area contributed by atoms with Crippen molar-refractivity contribution in [3.8, 4) is 0 Å². The second-order valence-corrected chi connectivity index (χ2v) is 6.99. The van der Waals surface area contributed by atoms with Crippen LogP contribution >= 0.6 is 9.24 Å². The largest absolute Gasteiger partial charge is 0.391 e. The number of aliphatic hydroxyl groups excluding tert-OH is 1. The predicted molar refractivity (Wildman–Crippen MR) is 55.1 cm³/mol. The van der Waals surface area contributed by atoms with Gasteiger partial charge in [0.15, 0.2) is 0 Å². The lowest BCUT2D eigenvalue weighted by atomic mass is 10.3. The molecule has 0 amide bonds. The Balaban J connectivity index is 2.77. The van der Waals surface area contributed by atoms with Gasteiger partial charge in [-0.05, 0) is 13.8 Å². The van der Waals surface area contributed by atoms with Crippen LogP contribution < -0.4 is 0 Å². The zero-order chi connectivity index (χ0) is 10.2. The van der Waals surface area contributed by atoms with Crippen molar-refractivity contribution in [2.24, 2.45) is 0 Å². The van der Waals surface area contributed by atoms with Gasteiger partial charge >= 0.3 is 0 Å². The zero-order valence-corrected chi connectivity index (χ0v) is 9.81. The first kappa shape index (κ1) is 11.4. The lowest BCUT2D eigenvalue weighted by Crippen LogP contribution is -2.35. The highest BCUT2D eigenvalue weighted by molar-refractivity contribution is 7.89. The summed E-state index contributed by atoms with van der Waals surface area (Å²) in [5.41, 5.74) is -0.0338. The summed E-state index contributed by atoms with van der Waals surface area (Å²) in [4.78, 5) is 0. The topological polar surface area (TPSA) is 57.6 Å². The molecule has 1 saturated heterocycles. The van der Waals surface area contributed by atoms with Gasteiger partial charge in [0.2, 0.25) is 10.0 Å². The van der Waals surface area contributed by atoms with Crippen LogP contribution in [0.3, 0.4) is 0 Å². The Morgan fingerprint density at radius 3 is 2.31 bits per heavy atom. The molecule has 1 N–H and O–H groups in total. The van der Waals surface area contributed by atoms with E-state index in [2.05, 4.69) is 9.24 Å². The molecule has 0 radical (unpaired) electrons. The molecule has 0 aromatic rings. The molecule has 0 aromatic heterocycles. The number of sulfonamides is 1. The van der Waals surface area contributed by atoms with E-state index < -0.39 is 21.4 Å². The van der Waals surface area contributed by atoms with Gasteiger partial charge in [-0.2, -0.15) is 4.31 Å². The second-order valence-electron chi connectivity index (χ2n) is 3.64. The smallest absolute Gasteiger partial charge is 0.216 e. The highest BCUT2D eigenvalue weighted by Crippen LogP contribution is 2.22. The van der Waals surface area contributed by atoms with Crippen LogP contribution in [-0.4, -0.2) is 47.9 Å². The van der Waals surface area contributed by atoms with E-state index in [1.807, 2.05) is 0 Å². The number of hydrogen-bond donors (Lipinski definition) is 1. The Morgan fingerprint density at radius 1 is 1.46 bits per heavy atom. The van der Waals surface area contributed by atoms with Crippen molar-refractivity contribution in [2.45, 2.75) is 30.9 Å². The molecular weight excluding hydrogens is 209 g/mol. The van der Waals surface area contributed by atoms with E-state index in [-0.39, 0.29) is 12.2 Å². The third-order valence-electron chi connectivity index (χ3n) is 2.25. The number of β-amino-alcohol motifs (C(OH)–C–C–N with tert-alkyl or cyclic N) is 1. The van der Waals surface area contributed by atoms with E-state index in [4.69, 9.17) is 0 Å². The maximum atomic E-state index is 11.6. The first-order valence-corrected chi connectivity index (χ1v) is 6.45. The van der Waals surface area contributed by atoms with Crippen LogP contribution in [0.15, 0.2) is 0 Å². The van der Waals surface area contributed by atoms with E-state index in [0.29, 0.717) is 6.54 Å². The minimum atomic E-state index is -3.18. The van der Waals surface area contributed by atoms with Crippen molar-refractivity contribution in [3.05, 3.63) is 0 Å². The Labute approximate surface area is 81.6 Å². The van der Waals surface area contributed by atoms with Gasteiger partial charge < -0.3 is 5.11 Å². The summed E-state index contributed by atoms with van der Waals surface area (Å²) in [6.07, 6.45) is -0.543. The molecule has 1 aliphatic heterocycles. The van der Waals surface area contributed by atoms with Crippen molar-refractivity contribution in [1.29, 1.82) is 0 Å². The summed E-state index contributed by atoms with van der Waals surface area (Å²) in [7, 11) is -0.713. The molecule has 1 fully saturated rings. The molecule has 0 spiro atoms. The molecule has 6 heteroatoms. The molecule has 3 atom stereocenters. The van der Waals surface area contributed by atoms with Gasteiger partial charge in [-0.1, -0.05) is 0 Å². The molecule has 1 rings (SSSR count). The van der Waals surface area contributed by atoms with Crippen molar-refractivity contribution >= 4 is 19.3 Å². The molecule has 1 heterocycles. The number of rotatable bonds is 2. The van der Waals surface area contributed by atoms with Gasteiger partial charge in [-0.15, -0.1) is 9.24 Å². The van der Waals surface area contributed by atoms with Gasteiger partial charge in [0.05, 0.1) is 11.4 Å². The lowest BCUT2D eigenvalue weighted by Gasteiger charge is -2.18. The van der Waals surface area contributed by atoms with E-state index >= 15 is 0 Å². The second kappa shape index (κ2) is 3.81. The summed E-state index contributed by atoms with van der Waals surface area (Å²) < 4.78 is 24.6. The molecule has 1 aliphatic rings. The van der Waals surface area contributed by atoms with Crippen LogP contribution in [0, 0.1) is 0 Å². The van der Waals surface area contributed by atoms with Crippen LogP contribution in [0.4, 0.5) is 0 Å². The Morgan fingerprint density at radius 2 is 2.00 bits per heavy atom. The standard InChI is InChI=1S/C7H16NO3PS/c1-5(2)13(10,11)8-3-6(9)7(12)4-8/h5-7,9H,3-4,12H2,1-2H3/t6-,7?/m0/s1. The van der Waals surface area contributed by atoms with E-state index in [1.54, 1.807) is 13.8 Å². The fourth-order valence-electron chi connectivity index (χ4n) is 1.28. The van der Waals surface area contributed by atoms with Gasteiger partial charge in [0.25, 0.3) is 0 Å². The Kier molecular flexibility index (Phi) is 3.33. The van der Waals surface area contributed by atoms with Crippen LogP contribution in [0.2, 0.25) is 0 Å². The van der Waals surface area contributed by atoms with Crippen LogP contribution in [-0.2, 0) is 10.0 Å². The van der Waals surface area contributed by atoms with Crippen molar-refractivity contribution in [1.82, 2.24) is 4.31 Å². The molecule has 78 valence electrons. The van der Waals surface area contributed by atoms with E-state index in [1.165, 1.54) is 4.31 Å². The monoisotopic (exact) mass is 225 g/mol. The lowest BCUT2D eigenvalue weighted by molar-refractivity contribution is 0.193. The Hall–Kier alpha value is 0.300. The molecule has 0 saturated carbocycles. The first-order chi connectivity index (χ1) is 5.85. The third-order valence-corrected chi connectivity index (χ3v) is 5.12. The minimum Gasteiger partial charge on any atom is -0.391 e. The normalized spacial score (nSPS) is 31.5. The van der Waals surface area contributed by atoms with Crippen LogP contribution in [0.25, 0.3) is 0 Å². The van der Waals surface area contributed by atoms with E-state index in [9.17, 15) is 13.5 Å². The number of aliphatic hydroxyl groups is 1. The maximum Gasteiger partial charge on any atom is 0.216 e. The summed E-state index contributed by atoms with van der Waals surface area (Å²) in [5, 5.41) is 8.98. The minimum absolute atomic E-state index is 0.0338. The summed E-state index contributed by atoms with van der Waals surface area (Å²) in [6.45, 7) is 3.94. The number of nitrogens with zero attached hydrogens (tertiary/aromatic N) is 1. The fraction of sp³-hybridized carbons (Fsp3) is 1.00. The highest BCUT2D eigenvalue weighted by atomic mass is 32.2. The predicted octanol–water partition coefficient (Wildman–Crippen LogP) is -0.355. The van der Waals surface area contributed by atoms with Gasteiger partial charge in [-0.3, -0.25) is 0 Å². The van der Waals surface area contributed by atoms with Crippen LogP contribution in [0.5, 0.6) is 0 Å². The third kappa shape index (κ3) is 2.21. The zero-order valence-electron chi connectivity index (χ0n) is 7.84. The SMILES string of the molecule is CC(C)S(=O)(=O)N1CC(P)[C@@H](O)C1. The van der Waals surface area contributed by atoms with Crippen LogP contribution in [0.1, 0.15) is 13.8 Å². The molecular formula is C7H16NO3PS. The maximum absolute atomic E-state index is 11.6. The van der Waals surface area contributed by atoms with Crippen molar-refractivity contribution < 1.29 is 13.5 Å². The molecule has 0 bridgehead atoms. The molecule has 4 nitrogen and oxygen atoms in total. The molecule has 2 unspecified atom stereocenters. The van der Waals surface area contributed by atoms with Crippen molar-refractivity contribution in [3.63, 3.8) is 0 Å². The average molecular weight is 225 g/mol. The number of hydrogen-bond acceptors (Lipinski definition) is 3. The van der Waals surface area contributed by atoms with Gasteiger partial charge in [0, 0.05) is 18.7 Å². The van der Waals surface area contributed by atoms with Gasteiger partial charge in [0.1, 0.15) is 0 Å². The fourth-order valence-corrected chi connectivity index (χ4v) is 3.15. The quantitative estimate of drug-likeness (QED) is 0.653. The average Bonchev–Trinajstić information content (AvgIpc) is 2.32. The first-order valence-electron chi connectivity index (χ1n) is 4.28. The molecule has 0 aromatic carbocycles. The van der Waals surface area contributed by atoms with E-state index in [0.717, 1.165) is 0 Å². The molecule has 13 heavy (non-hydrogen) atoms. The Bertz CT molecular complexity index is 267. The summed E-state index contributed by atoms with van der Waals surface area (Å²) in [6, 6.07) is 0. The highest BCUT2D eigenvalue weighted by Gasteiger charge is 2.36. The van der Waals surface area contributed by atoms with Gasteiger partial charge in [-0.25, -0.2) is 8.42 Å². The summed E-state index contributed by atoms with van der Waals surface area (Å²) in [5.74, 6) is 0. The summed E-state index contributed by atoms with van der Waals surface area (Å²) >= 11 is 0.